The fourth-order valence-electron chi connectivity index (χ4n) is 1.83. The van der Waals surface area contributed by atoms with Gasteiger partial charge < -0.3 is 5.11 Å². The van der Waals surface area contributed by atoms with Crippen LogP contribution in [0.1, 0.15) is 44.2 Å². The highest BCUT2D eigenvalue weighted by molar-refractivity contribution is 9.10. The second kappa shape index (κ2) is 4.54. The van der Waals surface area contributed by atoms with E-state index in [0.717, 1.165) is 14.7 Å². The smallest absolute Gasteiger partial charge is 0.151 e. The second-order valence-electron chi connectivity index (χ2n) is 5.16. The molecule has 0 saturated carbocycles. The Morgan fingerprint density at radius 3 is 2.56 bits per heavy atom. The predicted molar refractivity (Wildman–Crippen MR) is 76.6 cm³/mol. The molecule has 2 nitrogen and oxygen atoms in total. The Labute approximate surface area is 118 Å². The van der Waals surface area contributed by atoms with Crippen molar-refractivity contribution < 1.29 is 9.50 Å². The van der Waals surface area contributed by atoms with Gasteiger partial charge in [0.1, 0.15) is 16.1 Å². The minimum atomic E-state index is -1.04. The number of benzene rings is 1. The summed E-state index contributed by atoms with van der Waals surface area (Å²) in [7, 11) is 0. The summed E-state index contributed by atoms with van der Waals surface area (Å²) in [6.45, 7) is 7.43. The number of halogens is 2. The van der Waals surface area contributed by atoms with Crippen LogP contribution in [-0.4, -0.2) is 10.1 Å². The van der Waals surface area contributed by atoms with Gasteiger partial charge >= 0.3 is 0 Å². The summed E-state index contributed by atoms with van der Waals surface area (Å²) in [5.74, 6) is -0.0920. The third-order valence-electron chi connectivity index (χ3n) is 2.71. The highest BCUT2D eigenvalue weighted by Gasteiger charge is 2.25. The lowest BCUT2D eigenvalue weighted by molar-refractivity contribution is 0.0785. The number of hydrogen-bond donors (Lipinski definition) is 1. The maximum Gasteiger partial charge on any atom is 0.151 e. The number of rotatable bonds is 2. The third kappa shape index (κ3) is 2.31. The first kappa shape index (κ1) is 13.9. The molecule has 1 heterocycles. The van der Waals surface area contributed by atoms with E-state index < -0.39 is 5.60 Å². The van der Waals surface area contributed by atoms with Crippen molar-refractivity contribution in [3.8, 4) is 0 Å². The fourth-order valence-corrected chi connectivity index (χ4v) is 4.09. The van der Waals surface area contributed by atoms with Gasteiger partial charge in [0.05, 0.1) is 4.70 Å². The minimum Gasteiger partial charge on any atom is -0.383 e. The molecule has 0 radical (unpaired) electrons. The zero-order valence-electron chi connectivity index (χ0n) is 10.7. The van der Waals surface area contributed by atoms with Crippen LogP contribution in [0.2, 0.25) is 0 Å². The second-order valence-corrected chi connectivity index (χ2v) is 7.02. The van der Waals surface area contributed by atoms with Gasteiger partial charge in [0.25, 0.3) is 0 Å². The molecule has 98 valence electrons. The zero-order chi connectivity index (χ0) is 13.7. The maximum absolute atomic E-state index is 13.9. The number of aromatic nitrogens is 1. The molecule has 1 N–H and O–H groups in total. The van der Waals surface area contributed by atoms with Crippen molar-refractivity contribution in [1.29, 1.82) is 0 Å². The molecule has 0 saturated heterocycles. The van der Waals surface area contributed by atoms with Crippen LogP contribution in [-0.2, 0) is 5.60 Å². The Bertz CT molecular complexity index is 601. The van der Waals surface area contributed by atoms with Gasteiger partial charge in [-0.25, -0.2) is 9.37 Å². The van der Waals surface area contributed by atoms with E-state index in [9.17, 15) is 9.50 Å². The SMILES string of the molecule is CC(C)c1c(Br)cc(F)c2nc(C(C)(C)O)sc12. The Hall–Kier alpha value is -0.520. The summed E-state index contributed by atoms with van der Waals surface area (Å²) in [4.78, 5) is 4.24. The van der Waals surface area contributed by atoms with Crippen molar-refractivity contribution in [2.24, 2.45) is 0 Å². The van der Waals surface area contributed by atoms with Crippen LogP contribution in [0.4, 0.5) is 4.39 Å². The number of hydrogen-bond acceptors (Lipinski definition) is 3. The van der Waals surface area contributed by atoms with Crippen molar-refractivity contribution in [2.45, 2.75) is 39.2 Å². The summed E-state index contributed by atoms with van der Waals surface area (Å²) in [5, 5.41) is 10.5. The van der Waals surface area contributed by atoms with Crippen LogP contribution in [0, 0.1) is 5.82 Å². The molecule has 1 aromatic carbocycles. The summed E-state index contributed by atoms with van der Waals surface area (Å²) < 4.78 is 15.5. The molecule has 18 heavy (non-hydrogen) atoms. The molecular formula is C13H15BrFNOS. The van der Waals surface area contributed by atoms with E-state index in [4.69, 9.17) is 0 Å². The van der Waals surface area contributed by atoms with E-state index in [1.165, 1.54) is 17.4 Å². The standard InChI is InChI=1S/C13H15BrFNOS/c1-6(2)9-7(14)5-8(15)10-11(9)18-12(16-10)13(3,4)17/h5-6,17H,1-4H3. The zero-order valence-corrected chi connectivity index (χ0v) is 13.1. The van der Waals surface area contributed by atoms with Crippen molar-refractivity contribution in [3.05, 3.63) is 26.9 Å². The molecule has 2 rings (SSSR count). The van der Waals surface area contributed by atoms with E-state index in [-0.39, 0.29) is 11.7 Å². The van der Waals surface area contributed by atoms with Gasteiger partial charge in [0, 0.05) is 4.47 Å². The molecule has 2 aromatic rings. The van der Waals surface area contributed by atoms with Crippen LogP contribution < -0.4 is 0 Å². The van der Waals surface area contributed by atoms with Gasteiger partial charge in [0.15, 0.2) is 5.82 Å². The molecule has 0 aliphatic carbocycles. The first-order valence-corrected chi connectivity index (χ1v) is 7.34. The average molecular weight is 332 g/mol. The van der Waals surface area contributed by atoms with Gasteiger partial charge in [-0.1, -0.05) is 29.8 Å². The van der Waals surface area contributed by atoms with Crippen LogP contribution in [0.25, 0.3) is 10.2 Å². The van der Waals surface area contributed by atoms with Crippen LogP contribution in [0.15, 0.2) is 10.5 Å². The quantitative estimate of drug-likeness (QED) is 0.875. The van der Waals surface area contributed by atoms with Gasteiger partial charge in [-0.3, -0.25) is 0 Å². The van der Waals surface area contributed by atoms with Gasteiger partial charge in [-0.15, -0.1) is 11.3 Å². The number of thiazole rings is 1. The summed E-state index contributed by atoms with van der Waals surface area (Å²) in [6, 6.07) is 1.45. The largest absolute Gasteiger partial charge is 0.383 e. The molecule has 0 unspecified atom stereocenters. The Morgan fingerprint density at radius 2 is 2.06 bits per heavy atom. The summed E-state index contributed by atoms with van der Waals surface area (Å²) >= 11 is 4.76. The lowest BCUT2D eigenvalue weighted by Gasteiger charge is -2.12. The highest BCUT2D eigenvalue weighted by Crippen LogP contribution is 2.39. The molecule has 1 aromatic heterocycles. The van der Waals surface area contributed by atoms with Crippen molar-refractivity contribution in [1.82, 2.24) is 4.98 Å². The Kier molecular flexibility index (Phi) is 3.51. The van der Waals surface area contributed by atoms with E-state index >= 15 is 0 Å². The maximum atomic E-state index is 13.9. The Balaban J connectivity index is 2.82. The van der Waals surface area contributed by atoms with E-state index in [0.29, 0.717) is 10.5 Å². The molecule has 0 amide bonds. The van der Waals surface area contributed by atoms with Crippen LogP contribution >= 0.6 is 27.3 Å². The predicted octanol–water partition coefficient (Wildman–Crippen LogP) is 4.55. The minimum absolute atomic E-state index is 0.262. The summed E-state index contributed by atoms with van der Waals surface area (Å²) in [6.07, 6.45) is 0. The normalized spacial score (nSPS) is 12.7. The fraction of sp³-hybridized carbons (Fsp3) is 0.462. The lowest BCUT2D eigenvalue weighted by Crippen LogP contribution is -2.14. The highest BCUT2D eigenvalue weighted by atomic mass is 79.9. The van der Waals surface area contributed by atoms with Gasteiger partial charge in [0.2, 0.25) is 0 Å². The van der Waals surface area contributed by atoms with Crippen molar-refractivity contribution in [3.63, 3.8) is 0 Å². The molecule has 0 aliphatic rings. The summed E-state index contributed by atoms with van der Waals surface area (Å²) in [5.41, 5.74) is 0.347. The monoisotopic (exact) mass is 331 g/mol. The van der Waals surface area contributed by atoms with E-state index in [1.54, 1.807) is 13.8 Å². The van der Waals surface area contributed by atoms with Crippen molar-refractivity contribution in [2.75, 3.05) is 0 Å². The molecule has 0 atom stereocenters. The van der Waals surface area contributed by atoms with E-state index in [2.05, 4.69) is 34.8 Å². The van der Waals surface area contributed by atoms with Crippen LogP contribution in [0.3, 0.4) is 0 Å². The molecule has 0 bridgehead atoms. The topological polar surface area (TPSA) is 33.1 Å². The lowest BCUT2D eigenvalue weighted by atomic mass is 10.0. The first-order chi connectivity index (χ1) is 8.21. The number of fused-ring (bicyclic) bond motifs is 1. The Morgan fingerprint density at radius 1 is 1.44 bits per heavy atom. The van der Waals surface area contributed by atoms with Gasteiger partial charge in [-0.2, -0.15) is 0 Å². The third-order valence-corrected chi connectivity index (χ3v) is 4.77. The average Bonchev–Trinajstić information content (AvgIpc) is 2.60. The molecule has 0 aliphatic heterocycles. The molecule has 5 heteroatoms. The van der Waals surface area contributed by atoms with Gasteiger partial charge in [-0.05, 0) is 31.4 Å². The molecular weight excluding hydrogens is 317 g/mol. The van der Waals surface area contributed by atoms with Crippen molar-refractivity contribution >= 4 is 37.5 Å². The van der Waals surface area contributed by atoms with E-state index in [1.807, 2.05) is 0 Å². The molecule has 0 spiro atoms. The molecule has 0 fully saturated rings. The van der Waals surface area contributed by atoms with Crippen LogP contribution in [0.5, 0.6) is 0 Å². The first-order valence-electron chi connectivity index (χ1n) is 5.73. The number of aliphatic hydroxyl groups is 1. The number of nitrogens with zero attached hydrogens (tertiary/aromatic N) is 1.